The second kappa shape index (κ2) is 10.0. The molecule has 0 aromatic heterocycles. The van der Waals surface area contributed by atoms with Crippen molar-refractivity contribution in [3.05, 3.63) is 71.5 Å². The van der Waals surface area contributed by atoms with E-state index in [0.29, 0.717) is 45.8 Å². The van der Waals surface area contributed by atoms with Crippen LogP contribution in [0.15, 0.2) is 54.6 Å². The maximum absolute atomic E-state index is 14.0. The molecule has 0 saturated carbocycles. The van der Waals surface area contributed by atoms with Crippen molar-refractivity contribution in [2.24, 2.45) is 0 Å². The molecule has 2 amide bonds. The fourth-order valence-electron chi connectivity index (χ4n) is 4.17. The molecular formula is C24H28FN3O3. The molecule has 1 unspecified atom stereocenters. The van der Waals surface area contributed by atoms with Gasteiger partial charge in [0.25, 0.3) is 5.91 Å². The Bertz CT molecular complexity index is 900. The third-order valence-electron chi connectivity index (χ3n) is 5.92. The number of ether oxygens (including phenoxy) is 1. The molecule has 31 heavy (non-hydrogen) atoms. The van der Waals surface area contributed by atoms with Gasteiger partial charge < -0.3 is 14.5 Å². The molecule has 2 aliphatic rings. The summed E-state index contributed by atoms with van der Waals surface area (Å²) in [5.41, 5.74) is 1.14. The second-order valence-corrected chi connectivity index (χ2v) is 8.07. The molecule has 4 rings (SSSR count). The molecule has 164 valence electrons. The van der Waals surface area contributed by atoms with Crippen LogP contribution in [0.4, 0.5) is 4.39 Å². The minimum absolute atomic E-state index is 0.105. The van der Waals surface area contributed by atoms with Crippen molar-refractivity contribution in [2.75, 3.05) is 52.4 Å². The summed E-state index contributed by atoms with van der Waals surface area (Å²) in [4.78, 5) is 31.1. The van der Waals surface area contributed by atoms with Gasteiger partial charge >= 0.3 is 0 Å². The van der Waals surface area contributed by atoms with E-state index in [1.54, 1.807) is 17.0 Å². The van der Waals surface area contributed by atoms with E-state index in [0.717, 1.165) is 18.7 Å². The number of hydrogen-bond acceptors (Lipinski definition) is 4. The van der Waals surface area contributed by atoms with Gasteiger partial charge in [-0.2, -0.15) is 0 Å². The van der Waals surface area contributed by atoms with E-state index in [1.807, 2.05) is 35.2 Å². The number of rotatable bonds is 5. The van der Waals surface area contributed by atoms with Crippen LogP contribution in [-0.4, -0.2) is 85.0 Å². The Morgan fingerprint density at radius 1 is 0.903 bits per heavy atom. The third-order valence-corrected chi connectivity index (χ3v) is 5.92. The topological polar surface area (TPSA) is 53.1 Å². The number of morpholine rings is 1. The number of carbonyl (C=O) groups is 2. The molecule has 7 heteroatoms. The van der Waals surface area contributed by atoms with Gasteiger partial charge in [-0.1, -0.05) is 42.5 Å². The lowest BCUT2D eigenvalue weighted by Crippen LogP contribution is -2.54. The third kappa shape index (κ3) is 5.48. The number of halogens is 1. The first-order valence-corrected chi connectivity index (χ1v) is 10.8. The average molecular weight is 426 g/mol. The van der Waals surface area contributed by atoms with Crippen molar-refractivity contribution >= 4 is 11.8 Å². The zero-order chi connectivity index (χ0) is 21.6. The van der Waals surface area contributed by atoms with Gasteiger partial charge in [-0.3, -0.25) is 14.5 Å². The van der Waals surface area contributed by atoms with Crippen LogP contribution in [0.3, 0.4) is 0 Å². The molecule has 0 spiro atoms. The van der Waals surface area contributed by atoms with Crippen molar-refractivity contribution in [1.29, 1.82) is 0 Å². The summed E-state index contributed by atoms with van der Waals surface area (Å²) in [6, 6.07) is 15.9. The summed E-state index contributed by atoms with van der Waals surface area (Å²) in [6.07, 6.45) is 0.315. The maximum atomic E-state index is 14.0. The molecule has 2 aromatic rings. The highest BCUT2D eigenvalue weighted by Crippen LogP contribution is 2.15. The van der Waals surface area contributed by atoms with Crippen LogP contribution in [0.1, 0.15) is 15.9 Å². The first kappa shape index (κ1) is 21.5. The number of piperazine rings is 1. The van der Waals surface area contributed by atoms with Gasteiger partial charge in [0, 0.05) is 45.8 Å². The minimum atomic E-state index is -0.494. The maximum Gasteiger partial charge on any atom is 0.256 e. The van der Waals surface area contributed by atoms with Crippen molar-refractivity contribution in [1.82, 2.24) is 14.7 Å². The highest BCUT2D eigenvalue weighted by atomic mass is 19.1. The number of amides is 2. The standard InChI is InChI=1S/C24H28FN3O3/c25-22-9-5-4-8-21(22)24(30)28-14-15-31-20(18-28)17-26-10-12-27(13-11-26)23(29)16-19-6-2-1-3-7-19/h1-9,20H,10-18H2. The van der Waals surface area contributed by atoms with Gasteiger partial charge in [0.1, 0.15) is 5.82 Å². The highest BCUT2D eigenvalue weighted by Gasteiger charge is 2.29. The molecule has 2 fully saturated rings. The zero-order valence-corrected chi connectivity index (χ0v) is 17.6. The lowest BCUT2D eigenvalue weighted by Gasteiger charge is -2.39. The first-order chi connectivity index (χ1) is 15.1. The van der Waals surface area contributed by atoms with Crippen molar-refractivity contribution in [3.8, 4) is 0 Å². The monoisotopic (exact) mass is 425 g/mol. The Morgan fingerprint density at radius 2 is 1.61 bits per heavy atom. The summed E-state index contributed by atoms with van der Waals surface area (Å²) >= 11 is 0. The number of hydrogen-bond donors (Lipinski definition) is 0. The fourth-order valence-corrected chi connectivity index (χ4v) is 4.17. The molecule has 2 aromatic carbocycles. The van der Waals surface area contributed by atoms with E-state index in [-0.39, 0.29) is 23.5 Å². The Hall–Kier alpha value is -2.77. The molecule has 0 aliphatic carbocycles. The molecule has 2 heterocycles. The van der Waals surface area contributed by atoms with Crippen LogP contribution in [0.25, 0.3) is 0 Å². The number of carbonyl (C=O) groups excluding carboxylic acids is 2. The van der Waals surface area contributed by atoms with Crippen LogP contribution in [0.5, 0.6) is 0 Å². The van der Waals surface area contributed by atoms with E-state index in [9.17, 15) is 14.0 Å². The summed E-state index contributed by atoms with van der Waals surface area (Å²) < 4.78 is 19.9. The lowest BCUT2D eigenvalue weighted by molar-refractivity contribution is -0.132. The predicted molar refractivity (Wildman–Crippen MR) is 115 cm³/mol. The largest absolute Gasteiger partial charge is 0.373 e. The summed E-state index contributed by atoms with van der Waals surface area (Å²) in [7, 11) is 0. The van der Waals surface area contributed by atoms with Gasteiger partial charge in [-0.25, -0.2) is 4.39 Å². The Labute approximate surface area is 182 Å². The van der Waals surface area contributed by atoms with Gasteiger partial charge in [0.05, 0.1) is 24.7 Å². The van der Waals surface area contributed by atoms with Crippen LogP contribution in [-0.2, 0) is 16.0 Å². The van der Waals surface area contributed by atoms with Gasteiger partial charge in [0.15, 0.2) is 0 Å². The van der Waals surface area contributed by atoms with Crippen molar-refractivity contribution < 1.29 is 18.7 Å². The smallest absolute Gasteiger partial charge is 0.256 e. The van der Waals surface area contributed by atoms with E-state index < -0.39 is 5.82 Å². The van der Waals surface area contributed by atoms with Gasteiger partial charge in [-0.05, 0) is 17.7 Å². The molecule has 2 aliphatic heterocycles. The fraction of sp³-hybridized carbons (Fsp3) is 0.417. The molecule has 1 atom stereocenters. The van der Waals surface area contributed by atoms with Gasteiger partial charge in [-0.15, -0.1) is 0 Å². The Kier molecular flexibility index (Phi) is 6.94. The van der Waals surface area contributed by atoms with E-state index >= 15 is 0 Å². The molecule has 2 saturated heterocycles. The van der Waals surface area contributed by atoms with Crippen LogP contribution >= 0.6 is 0 Å². The van der Waals surface area contributed by atoms with Crippen LogP contribution in [0.2, 0.25) is 0 Å². The minimum Gasteiger partial charge on any atom is -0.373 e. The lowest BCUT2D eigenvalue weighted by atomic mass is 10.1. The zero-order valence-electron chi connectivity index (χ0n) is 17.6. The van der Waals surface area contributed by atoms with E-state index in [4.69, 9.17) is 4.74 Å². The highest BCUT2D eigenvalue weighted by molar-refractivity contribution is 5.94. The molecular weight excluding hydrogens is 397 g/mol. The summed E-state index contributed by atoms with van der Waals surface area (Å²) in [6.45, 7) is 4.99. The van der Waals surface area contributed by atoms with E-state index in [1.165, 1.54) is 12.1 Å². The Balaban J connectivity index is 1.25. The average Bonchev–Trinajstić information content (AvgIpc) is 2.80. The van der Waals surface area contributed by atoms with Gasteiger partial charge in [0.2, 0.25) is 5.91 Å². The van der Waals surface area contributed by atoms with Crippen molar-refractivity contribution in [3.63, 3.8) is 0 Å². The SMILES string of the molecule is O=C(Cc1ccccc1)N1CCN(CC2CN(C(=O)c3ccccc3F)CCO2)CC1. The van der Waals surface area contributed by atoms with Crippen LogP contribution < -0.4 is 0 Å². The molecule has 6 nitrogen and oxygen atoms in total. The Morgan fingerprint density at radius 3 is 2.35 bits per heavy atom. The first-order valence-electron chi connectivity index (χ1n) is 10.8. The van der Waals surface area contributed by atoms with E-state index in [2.05, 4.69) is 4.90 Å². The predicted octanol–water partition coefficient (Wildman–Crippen LogP) is 2.05. The van der Waals surface area contributed by atoms with Crippen LogP contribution in [0, 0.1) is 5.82 Å². The molecule has 0 N–H and O–H groups in total. The molecule has 0 radical (unpaired) electrons. The normalized spacial score (nSPS) is 20.0. The number of benzene rings is 2. The summed E-state index contributed by atoms with van der Waals surface area (Å²) in [5, 5.41) is 0. The number of nitrogens with zero attached hydrogens (tertiary/aromatic N) is 3. The molecule has 0 bridgehead atoms. The summed E-state index contributed by atoms with van der Waals surface area (Å²) in [5.74, 6) is -0.629. The van der Waals surface area contributed by atoms with Crippen molar-refractivity contribution in [2.45, 2.75) is 12.5 Å². The second-order valence-electron chi connectivity index (χ2n) is 8.07. The quantitative estimate of drug-likeness (QED) is 0.736.